The van der Waals surface area contributed by atoms with Gasteiger partial charge in [0.05, 0.1) is 0 Å². The molecule has 170 valence electrons. The third-order valence-electron chi connectivity index (χ3n) is 6.11. The normalized spacial score (nSPS) is 19.5. The minimum absolute atomic E-state index is 0.0517. The van der Waals surface area contributed by atoms with Crippen LogP contribution in [0.4, 0.5) is 16.2 Å². The van der Waals surface area contributed by atoms with Crippen molar-refractivity contribution in [3.8, 4) is 11.1 Å². The fourth-order valence-electron chi connectivity index (χ4n) is 4.42. The van der Waals surface area contributed by atoms with Gasteiger partial charge in [-0.2, -0.15) is 0 Å². The van der Waals surface area contributed by atoms with Crippen LogP contribution in [0.15, 0.2) is 78.9 Å². The standard InChI is InChI=1S/C26H27N2O4P/c1-33(31,32)24-9-5-8-23(24)25(29)20-12-10-18(11-13-20)19-14-16-22(17-15-19)28-26(30)27-21-6-3-2-4-7-21/h2-4,6-7,10-17,23-24H,5,8-9H2,1H3,(H,31,32)(H2,27,28,30)/t23?,24-/m1/s1. The van der Waals surface area contributed by atoms with Gasteiger partial charge in [-0.1, -0.05) is 61.0 Å². The number of para-hydroxylation sites is 1. The van der Waals surface area contributed by atoms with Gasteiger partial charge in [-0.3, -0.25) is 9.36 Å². The summed E-state index contributed by atoms with van der Waals surface area (Å²) in [5.41, 5.74) is 3.40. The Morgan fingerprint density at radius 3 is 1.94 bits per heavy atom. The molecule has 3 atom stereocenters. The van der Waals surface area contributed by atoms with Gasteiger partial charge in [-0.05, 0) is 48.2 Å². The SMILES string of the molecule is CP(=O)(O)[C@@H]1CCCC1C(=O)c1ccc(-c2ccc(NC(=O)Nc3ccccc3)cc2)cc1. The highest BCUT2D eigenvalue weighted by atomic mass is 31.2. The van der Waals surface area contributed by atoms with Gasteiger partial charge < -0.3 is 15.5 Å². The van der Waals surface area contributed by atoms with Crippen LogP contribution >= 0.6 is 7.37 Å². The van der Waals surface area contributed by atoms with Crippen LogP contribution in [0, 0.1) is 5.92 Å². The van der Waals surface area contributed by atoms with Crippen LogP contribution in [0.1, 0.15) is 29.6 Å². The molecule has 1 aliphatic carbocycles. The van der Waals surface area contributed by atoms with Crippen molar-refractivity contribution in [1.29, 1.82) is 0 Å². The van der Waals surface area contributed by atoms with E-state index in [2.05, 4.69) is 10.6 Å². The first kappa shape index (κ1) is 23.0. The second kappa shape index (κ2) is 9.74. The van der Waals surface area contributed by atoms with E-state index >= 15 is 0 Å². The van der Waals surface area contributed by atoms with E-state index in [1.54, 1.807) is 12.1 Å². The zero-order chi connectivity index (χ0) is 23.4. The van der Waals surface area contributed by atoms with Gasteiger partial charge in [0.25, 0.3) is 0 Å². The maximum Gasteiger partial charge on any atom is 0.323 e. The number of carbonyl (C=O) groups excluding carboxylic acids is 2. The topological polar surface area (TPSA) is 95.5 Å². The summed E-state index contributed by atoms with van der Waals surface area (Å²) >= 11 is 0. The maximum atomic E-state index is 13.0. The number of nitrogens with one attached hydrogen (secondary N) is 2. The number of hydrogen-bond donors (Lipinski definition) is 3. The van der Waals surface area contributed by atoms with E-state index in [-0.39, 0.29) is 17.7 Å². The minimum Gasteiger partial charge on any atom is -0.344 e. The first-order valence-electron chi connectivity index (χ1n) is 11.0. The highest BCUT2D eigenvalue weighted by molar-refractivity contribution is 7.58. The molecule has 0 aromatic heterocycles. The molecule has 2 unspecified atom stereocenters. The highest BCUT2D eigenvalue weighted by Gasteiger charge is 2.41. The summed E-state index contributed by atoms with van der Waals surface area (Å²) in [5.74, 6) is -0.437. The van der Waals surface area contributed by atoms with Crippen molar-refractivity contribution in [2.24, 2.45) is 5.92 Å². The highest BCUT2D eigenvalue weighted by Crippen LogP contribution is 2.53. The molecule has 1 saturated carbocycles. The summed E-state index contributed by atoms with van der Waals surface area (Å²) in [6.07, 6.45) is 2.10. The lowest BCUT2D eigenvalue weighted by Crippen LogP contribution is -2.23. The predicted octanol–water partition coefficient (Wildman–Crippen LogP) is 6.25. The molecule has 0 bridgehead atoms. The number of anilines is 2. The monoisotopic (exact) mass is 462 g/mol. The van der Waals surface area contributed by atoms with Crippen LogP contribution in [-0.2, 0) is 4.57 Å². The van der Waals surface area contributed by atoms with Gasteiger partial charge in [-0.15, -0.1) is 0 Å². The summed E-state index contributed by atoms with van der Waals surface area (Å²) < 4.78 is 12.2. The Hall–Kier alpha value is -3.21. The Kier molecular flexibility index (Phi) is 6.77. The molecular formula is C26H27N2O4P. The van der Waals surface area contributed by atoms with E-state index in [0.29, 0.717) is 29.8 Å². The largest absolute Gasteiger partial charge is 0.344 e. The fraction of sp³-hybridized carbons (Fsp3) is 0.231. The third kappa shape index (κ3) is 5.59. The lowest BCUT2D eigenvalue weighted by molar-refractivity contribution is 0.0922. The van der Waals surface area contributed by atoms with Crippen molar-refractivity contribution in [2.75, 3.05) is 17.3 Å². The van der Waals surface area contributed by atoms with E-state index in [0.717, 1.165) is 17.5 Å². The summed E-state index contributed by atoms with van der Waals surface area (Å²) in [4.78, 5) is 35.1. The first-order chi connectivity index (χ1) is 15.8. The molecular weight excluding hydrogens is 435 g/mol. The van der Waals surface area contributed by atoms with Gasteiger partial charge in [0.15, 0.2) is 5.78 Å². The summed E-state index contributed by atoms with van der Waals surface area (Å²) in [6.45, 7) is 1.36. The van der Waals surface area contributed by atoms with Crippen LogP contribution in [0.3, 0.4) is 0 Å². The molecule has 0 aliphatic heterocycles. The molecule has 6 nitrogen and oxygen atoms in total. The molecule has 3 N–H and O–H groups in total. The second-order valence-electron chi connectivity index (χ2n) is 8.51. The lowest BCUT2D eigenvalue weighted by Gasteiger charge is -2.21. The van der Waals surface area contributed by atoms with Crippen molar-refractivity contribution < 1.29 is 19.0 Å². The number of Topliss-reactive ketones (excluding diaryl/α,β-unsaturated/α-hetero) is 1. The quantitative estimate of drug-likeness (QED) is 0.298. The molecule has 3 aromatic rings. The van der Waals surface area contributed by atoms with Crippen molar-refractivity contribution >= 4 is 30.6 Å². The summed E-state index contributed by atoms with van der Waals surface area (Å²) in [5, 5.41) is 5.58. The van der Waals surface area contributed by atoms with Gasteiger partial charge in [-0.25, -0.2) is 4.79 Å². The van der Waals surface area contributed by atoms with Gasteiger partial charge >= 0.3 is 6.03 Å². The lowest BCUT2D eigenvalue weighted by atomic mass is 9.94. The average molecular weight is 462 g/mol. The number of urea groups is 1. The van der Waals surface area contributed by atoms with Crippen LogP contribution in [0.25, 0.3) is 11.1 Å². The smallest absolute Gasteiger partial charge is 0.323 e. The van der Waals surface area contributed by atoms with Crippen LogP contribution in [0.5, 0.6) is 0 Å². The molecule has 2 amide bonds. The van der Waals surface area contributed by atoms with Gasteiger partial charge in [0.1, 0.15) is 0 Å². The average Bonchev–Trinajstić information content (AvgIpc) is 3.31. The maximum absolute atomic E-state index is 13.0. The Labute approximate surface area is 193 Å². The number of rotatable bonds is 6. The molecule has 7 heteroatoms. The van der Waals surface area contributed by atoms with Gasteiger partial charge in [0.2, 0.25) is 7.37 Å². The minimum atomic E-state index is -3.29. The number of ketones is 1. The molecule has 0 spiro atoms. The first-order valence-corrected chi connectivity index (χ1v) is 13.2. The van der Waals surface area contributed by atoms with Crippen molar-refractivity contribution in [3.05, 3.63) is 84.4 Å². The number of amides is 2. The molecule has 0 heterocycles. The van der Waals surface area contributed by atoms with E-state index < -0.39 is 13.0 Å². The Morgan fingerprint density at radius 2 is 1.36 bits per heavy atom. The van der Waals surface area contributed by atoms with Crippen LogP contribution in [-0.4, -0.2) is 29.0 Å². The molecule has 3 aromatic carbocycles. The Balaban J connectivity index is 1.40. The van der Waals surface area contributed by atoms with Crippen molar-refractivity contribution in [2.45, 2.75) is 24.9 Å². The Morgan fingerprint density at radius 1 is 0.818 bits per heavy atom. The molecule has 0 saturated heterocycles. The third-order valence-corrected chi connectivity index (χ3v) is 7.96. The number of benzene rings is 3. The second-order valence-corrected chi connectivity index (χ2v) is 11.1. The Bertz CT molecular complexity index is 1170. The molecule has 33 heavy (non-hydrogen) atoms. The van der Waals surface area contributed by atoms with Gasteiger partial charge in [0, 0.05) is 35.2 Å². The molecule has 0 radical (unpaired) electrons. The predicted molar refractivity (Wildman–Crippen MR) is 132 cm³/mol. The fourth-order valence-corrected chi connectivity index (χ4v) is 6.04. The number of carbonyl (C=O) groups is 2. The van der Waals surface area contributed by atoms with Crippen molar-refractivity contribution in [3.63, 3.8) is 0 Å². The number of hydrogen-bond acceptors (Lipinski definition) is 3. The van der Waals surface area contributed by atoms with E-state index in [1.165, 1.54) is 6.66 Å². The zero-order valence-corrected chi connectivity index (χ0v) is 19.3. The zero-order valence-electron chi connectivity index (χ0n) is 18.4. The summed E-state index contributed by atoms with van der Waals surface area (Å²) in [7, 11) is -3.29. The molecule has 1 aliphatic rings. The van der Waals surface area contributed by atoms with Crippen LogP contribution in [0.2, 0.25) is 0 Å². The van der Waals surface area contributed by atoms with E-state index in [4.69, 9.17) is 0 Å². The van der Waals surface area contributed by atoms with Crippen molar-refractivity contribution in [1.82, 2.24) is 0 Å². The molecule has 1 fully saturated rings. The van der Waals surface area contributed by atoms with Crippen LogP contribution < -0.4 is 10.6 Å². The summed E-state index contributed by atoms with van der Waals surface area (Å²) in [6, 6.07) is 23.7. The van der Waals surface area contributed by atoms with E-state index in [9.17, 15) is 19.0 Å². The van der Waals surface area contributed by atoms with E-state index in [1.807, 2.05) is 66.7 Å². The molecule has 4 rings (SSSR count).